The zero-order valence-corrected chi connectivity index (χ0v) is 10.3. The van der Waals surface area contributed by atoms with Gasteiger partial charge in [0, 0.05) is 29.9 Å². The molecule has 1 amide bonds. The van der Waals surface area contributed by atoms with E-state index in [1.165, 1.54) is 12.1 Å². The Morgan fingerprint density at radius 1 is 1.50 bits per heavy atom. The number of rotatable bonds is 5. The molecule has 98 valence electrons. The van der Waals surface area contributed by atoms with Crippen LogP contribution in [0.1, 0.15) is 24.2 Å². The standard InChI is InChI=1S/C11H16N4O3/c1-11(2,13)6-14-9-4-3-7(15(17)18)5-8(9)10(12)16/h3-5,14H,6,13H2,1-2H3,(H2,12,16). The summed E-state index contributed by atoms with van der Waals surface area (Å²) in [6, 6.07) is 3.90. The number of hydrogen-bond donors (Lipinski definition) is 3. The Balaban J connectivity index is 3.05. The molecule has 0 aliphatic rings. The minimum Gasteiger partial charge on any atom is -0.383 e. The van der Waals surface area contributed by atoms with Gasteiger partial charge in [-0.3, -0.25) is 14.9 Å². The van der Waals surface area contributed by atoms with Crippen molar-refractivity contribution in [2.24, 2.45) is 11.5 Å². The lowest BCUT2D eigenvalue weighted by Gasteiger charge is -2.20. The second-order valence-electron chi connectivity index (χ2n) is 4.69. The number of hydrogen-bond acceptors (Lipinski definition) is 5. The van der Waals surface area contributed by atoms with Crippen molar-refractivity contribution in [1.82, 2.24) is 0 Å². The maximum absolute atomic E-state index is 11.2. The molecule has 1 rings (SSSR count). The average molecular weight is 252 g/mol. The highest BCUT2D eigenvalue weighted by atomic mass is 16.6. The van der Waals surface area contributed by atoms with E-state index >= 15 is 0 Å². The molecule has 0 heterocycles. The number of carbonyl (C=O) groups is 1. The highest BCUT2D eigenvalue weighted by molar-refractivity contribution is 5.99. The maximum Gasteiger partial charge on any atom is 0.270 e. The van der Waals surface area contributed by atoms with E-state index in [1.807, 2.05) is 13.8 Å². The summed E-state index contributed by atoms with van der Waals surface area (Å²) in [4.78, 5) is 21.3. The van der Waals surface area contributed by atoms with Crippen LogP contribution in [0.3, 0.4) is 0 Å². The number of non-ortho nitro benzene ring substituents is 1. The average Bonchev–Trinajstić information content (AvgIpc) is 2.24. The maximum atomic E-state index is 11.2. The van der Waals surface area contributed by atoms with Crippen molar-refractivity contribution >= 4 is 17.3 Å². The van der Waals surface area contributed by atoms with Crippen LogP contribution in [-0.4, -0.2) is 22.9 Å². The van der Waals surface area contributed by atoms with Gasteiger partial charge in [0.1, 0.15) is 0 Å². The minimum absolute atomic E-state index is 0.0773. The number of amides is 1. The molecule has 0 aromatic heterocycles. The Labute approximate surface area is 104 Å². The third-order valence-electron chi connectivity index (χ3n) is 2.21. The number of nitrogens with zero attached hydrogens (tertiary/aromatic N) is 1. The topological polar surface area (TPSA) is 124 Å². The van der Waals surface area contributed by atoms with Crippen LogP contribution in [-0.2, 0) is 0 Å². The predicted molar refractivity (Wildman–Crippen MR) is 68.4 cm³/mol. The summed E-state index contributed by atoms with van der Waals surface area (Å²) in [7, 11) is 0. The molecule has 5 N–H and O–H groups in total. The van der Waals surface area contributed by atoms with Crippen LogP contribution in [0.4, 0.5) is 11.4 Å². The Bertz CT molecular complexity index is 480. The third kappa shape index (κ3) is 3.70. The summed E-state index contributed by atoms with van der Waals surface area (Å²) in [5.41, 5.74) is 10.9. The van der Waals surface area contributed by atoms with Crippen molar-refractivity contribution < 1.29 is 9.72 Å². The molecule has 0 spiro atoms. The minimum atomic E-state index is -0.726. The molecule has 0 aliphatic heterocycles. The zero-order valence-electron chi connectivity index (χ0n) is 10.3. The van der Waals surface area contributed by atoms with Gasteiger partial charge < -0.3 is 16.8 Å². The van der Waals surface area contributed by atoms with E-state index in [1.54, 1.807) is 0 Å². The van der Waals surface area contributed by atoms with Crippen LogP contribution in [0, 0.1) is 10.1 Å². The summed E-state index contributed by atoms with van der Waals surface area (Å²) in [6.07, 6.45) is 0. The number of nitro benzene ring substituents is 1. The quantitative estimate of drug-likeness (QED) is 0.529. The van der Waals surface area contributed by atoms with Gasteiger partial charge >= 0.3 is 0 Å². The van der Waals surface area contributed by atoms with Crippen LogP contribution in [0.25, 0.3) is 0 Å². The fourth-order valence-electron chi connectivity index (χ4n) is 1.33. The van der Waals surface area contributed by atoms with Crippen molar-refractivity contribution in [3.63, 3.8) is 0 Å². The first-order valence-corrected chi connectivity index (χ1v) is 5.32. The van der Waals surface area contributed by atoms with Crippen molar-refractivity contribution in [1.29, 1.82) is 0 Å². The first-order chi connectivity index (χ1) is 8.20. The van der Waals surface area contributed by atoms with Crippen LogP contribution in [0.5, 0.6) is 0 Å². The largest absolute Gasteiger partial charge is 0.383 e. The van der Waals surface area contributed by atoms with Gasteiger partial charge in [0.2, 0.25) is 0 Å². The molecule has 0 unspecified atom stereocenters. The first-order valence-electron chi connectivity index (χ1n) is 5.32. The number of primary amides is 1. The van der Waals surface area contributed by atoms with Crippen molar-refractivity contribution in [3.8, 4) is 0 Å². The van der Waals surface area contributed by atoms with E-state index in [2.05, 4.69) is 5.32 Å². The molecule has 0 saturated carbocycles. The lowest BCUT2D eigenvalue weighted by molar-refractivity contribution is -0.384. The van der Waals surface area contributed by atoms with Crippen LogP contribution >= 0.6 is 0 Å². The number of carbonyl (C=O) groups excluding carboxylic acids is 1. The van der Waals surface area contributed by atoms with Gasteiger partial charge in [-0.15, -0.1) is 0 Å². The Morgan fingerprint density at radius 3 is 2.56 bits per heavy atom. The Hall–Kier alpha value is -2.15. The van der Waals surface area contributed by atoms with Gasteiger partial charge in [-0.25, -0.2) is 0 Å². The molecule has 0 atom stereocenters. The lowest BCUT2D eigenvalue weighted by atomic mass is 10.1. The van der Waals surface area contributed by atoms with Crippen LogP contribution < -0.4 is 16.8 Å². The molecule has 0 radical (unpaired) electrons. The number of benzene rings is 1. The van der Waals surface area contributed by atoms with Gasteiger partial charge in [-0.05, 0) is 19.9 Å². The summed E-state index contributed by atoms with van der Waals surface area (Å²) < 4.78 is 0. The first kappa shape index (κ1) is 13.9. The Morgan fingerprint density at radius 2 is 2.11 bits per heavy atom. The van der Waals surface area contributed by atoms with E-state index in [0.29, 0.717) is 12.2 Å². The molecule has 18 heavy (non-hydrogen) atoms. The van der Waals surface area contributed by atoms with Crippen molar-refractivity contribution in [2.45, 2.75) is 19.4 Å². The molecule has 0 aliphatic carbocycles. The molecule has 0 saturated heterocycles. The molecule has 7 nitrogen and oxygen atoms in total. The van der Waals surface area contributed by atoms with Gasteiger partial charge in [-0.2, -0.15) is 0 Å². The predicted octanol–water partition coefficient (Wildman–Crippen LogP) is 0.843. The van der Waals surface area contributed by atoms with E-state index in [4.69, 9.17) is 11.5 Å². The van der Waals surface area contributed by atoms with Crippen molar-refractivity contribution in [3.05, 3.63) is 33.9 Å². The zero-order chi connectivity index (χ0) is 13.9. The second kappa shape index (κ2) is 5.01. The normalized spacial score (nSPS) is 11.1. The lowest BCUT2D eigenvalue weighted by Crippen LogP contribution is -2.40. The molecular formula is C11H16N4O3. The molecular weight excluding hydrogens is 236 g/mol. The molecule has 1 aromatic rings. The highest BCUT2D eigenvalue weighted by Gasteiger charge is 2.16. The summed E-state index contributed by atoms with van der Waals surface area (Å²) in [6.45, 7) is 4.04. The van der Waals surface area contributed by atoms with Crippen LogP contribution in [0.15, 0.2) is 18.2 Å². The van der Waals surface area contributed by atoms with E-state index in [0.717, 1.165) is 6.07 Å². The second-order valence-corrected chi connectivity index (χ2v) is 4.69. The summed E-state index contributed by atoms with van der Waals surface area (Å²) in [5.74, 6) is -0.726. The van der Waals surface area contributed by atoms with Crippen LogP contribution in [0.2, 0.25) is 0 Å². The van der Waals surface area contributed by atoms with Gasteiger partial charge in [-0.1, -0.05) is 0 Å². The molecule has 7 heteroatoms. The fourth-order valence-corrected chi connectivity index (χ4v) is 1.33. The van der Waals surface area contributed by atoms with E-state index in [-0.39, 0.29) is 11.3 Å². The molecule has 0 fully saturated rings. The molecule has 1 aromatic carbocycles. The number of nitrogens with two attached hydrogens (primary N) is 2. The third-order valence-corrected chi connectivity index (χ3v) is 2.21. The smallest absolute Gasteiger partial charge is 0.270 e. The van der Waals surface area contributed by atoms with Gasteiger partial charge in [0.05, 0.1) is 10.5 Å². The monoisotopic (exact) mass is 252 g/mol. The number of nitrogens with one attached hydrogen (secondary N) is 1. The SMILES string of the molecule is CC(C)(N)CNc1ccc([N+](=O)[O-])cc1C(N)=O. The Kier molecular flexibility index (Phi) is 3.87. The van der Waals surface area contributed by atoms with Gasteiger partial charge in [0.25, 0.3) is 11.6 Å². The molecule has 0 bridgehead atoms. The van der Waals surface area contributed by atoms with E-state index in [9.17, 15) is 14.9 Å². The highest BCUT2D eigenvalue weighted by Crippen LogP contribution is 2.22. The number of anilines is 1. The van der Waals surface area contributed by atoms with Gasteiger partial charge in [0.15, 0.2) is 0 Å². The number of nitro groups is 1. The fraction of sp³-hybridized carbons (Fsp3) is 0.364. The summed E-state index contributed by atoms with van der Waals surface area (Å²) in [5, 5.41) is 13.6. The summed E-state index contributed by atoms with van der Waals surface area (Å²) >= 11 is 0. The van der Waals surface area contributed by atoms with E-state index < -0.39 is 16.4 Å². The van der Waals surface area contributed by atoms with Crippen molar-refractivity contribution in [2.75, 3.05) is 11.9 Å².